The molecule has 1 aliphatic carbocycles. The molecule has 1 saturated carbocycles. The first kappa shape index (κ1) is 35.2. The topological polar surface area (TPSA) is 86.3 Å². The van der Waals surface area contributed by atoms with E-state index in [9.17, 15) is 27.2 Å². The summed E-state index contributed by atoms with van der Waals surface area (Å²) in [6.45, 7) is 0.301. The van der Waals surface area contributed by atoms with Crippen LogP contribution in [0.15, 0.2) is 76.8 Å². The monoisotopic (exact) mass is 734 g/mol. The lowest BCUT2D eigenvalue weighted by Gasteiger charge is -2.36. The predicted octanol–water partition coefficient (Wildman–Crippen LogP) is 6.86. The molecule has 1 N–H and O–H groups in total. The third kappa shape index (κ3) is 9.72. The number of rotatable bonds is 14. The Kier molecular flexibility index (Phi) is 11.6. The number of hydrogen-bond acceptors (Lipinski definition) is 7. The van der Waals surface area contributed by atoms with Gasteiger partial charge in [0.05, 0.1) is 30.3 Å². The number of halogens is 5. The van der Waals surface area contributed by atoms with Gasteiger partial charge in [-0.2, -0.15) is 13.2 Å². The predicted molar refractivity (Wildman–Crippen MR) is 173 cm³/mol. The Bertz CT molecular complexity index is 1610. The summed E-state index contributed by atoms with van der Waals surface area (Å²) < 4.78 is 75.9. The van der Waals surface area contributed by atoms with E-state index in [4.69, 9.17) is 18.9 Å². The lowest BCUT2D eigenvalue weighted by Crippen LogP contribution is -2.52. The van der Waals surface area contributed by atoms with Gasteiger partial charge in [0.25, 0.3) is 0 Å². The average Bonchev–Trinajstić information content (AvgIpc) is 3.90. The van der Waals surface area contributed by atoms with Crippen LogP contribution in [0.5, 0.6) is 17.2 Å². The molecule has 0 bridgehead atoms. The van der Waals surface area contributed by atoms with Crippen molar-refractivity contribution in [2.45, 2.75) is 50.6 Å². The van der Waals surface area contributed by atoms with Crippen LogP contribution in [0, 0.1) is 5.82 Å². The second kappa shape index (κ2) is 15.9. The summed E-state index contributed by atoms with van der Waals surface area (Å²) in [5.41, 5.74) is 3.05. The first-order valence-corrected chi connectivity index (χ1v) is 16.3. The largest absolute Gasteiger partial charge is 0.497 e. The van der Waals surface area contributed by atoms with Crippen molar-refractivity contribution in [2.24, 2.45) is 0 Å². The van der Waals surface area contributed by atoms with E-state index < -0.39 is 30.8 Å². The van der Waals surface area contributed by atoms with Gasteiger partial charge in [-0.1, -0.05) is 24.3 Å². The highest BCUT2D eigenvalue weighted by Crippen LogP contribution is 2.33. The van der Waals surface area contributed by atoms with Crippen molar-refractivity contribution in [3.05, 3.63) is 93.7 Å². The number of amides is 1. The maximum atomic E-state index is 13.5. The molecule has 8 nitrogen and oxygen atoms in total. The van der Waals surface area contributed by atoms with E-state index in [1.54, 1.807) is 35.2 Å². The van der Waals surface area contributed by atoms with Crippen LogP contribution in [0.25, 0.3) is 5.57 Å². The van der Waals surface area contributed by atoms with Gasteiger partial charge in [0, 0.05) is 19.2 Å². The molecular weight excluding hydrogens is 700 g/mol. The number of ether oxygens (including phenoxy) is 4. The van der Waals surface area contributed by atoms with E-state index in [0.29, 0.717) is 59.7 Å². The van der Waals surface area contributed by atoms with Crippen LogP contribution in [-0.2, 0) is 20.7 Å². The minimum atomic E-state index is -5.06. The van der Waals surface area contributed by atoms with Crippen LogP contribution < -0.4 is 19.5 Å². The molecule has 1 unspecified atom stereocenters. The number of hydrogen-bond donors (Lipinski definition) is 1. The van der Waals surface area contributed by atoms with Crippen molar-refractivity contribution < 1.29 is 46.1 Å². The van der Waals surface area contributed by atoms with Gasteiger partial charge in [0.2, 0.25) is 0 Å². The number of aryl methyl sites for hydroxylation is 1. The van der Waals surface area contributed by atoms with Gasteiger partial charge in [-0.15, -0.1) is 0 Å². The fraction of sp³-hybridized carbons (Fsp3) is 0.371. The van der Waals surface area contributed by atoms with Crippen molar-refractivity contribution in [3.8, 4) is 17.2 Å². The molecular formula is C35H35BrF4N2O6. The molecule has 1 amide bonds. The van der Waals surface area contributed by atoms with E-state index in [-0.39, 0.29) is 18.5 Å². The summed E-state index contributed by atoms with van der Waals surface area (Å²) in [5, 5.41) is 1.92. The molecule has 13 heteroatoms. The SMILES string of the molecule is COc1ccc(OC(CNC(=O)C(F)(F)F)N2CCC(c3ccc(CCCOc4cc(F)ccc4Br)cc3)=C(C(=O)OC3CC3)C2)cc1. The van der Waals surface area contributed by atoms with Gasteiger partial charge in [0.1, 0.15) is 29.2 Å². The van der Waals surface area contributed by atoms with Gasteiger partial charge in [-0.3, -0.25) is 9.69 Å². The van der Waals surface area contributed by atoms with Crippen LogP contribution in [0.3, 0.4) is 0 Å². The molecule has 2 aliphatic rings. The van der Waals surface area contributed by atoms with Crippen LogP contribution in [-0.4, -0.2) is 68.6 Å². The molecule has 256 valence electrons. The third-order valence-electron chi connectivity index (χ3n) is 7.92. The molecule has 0 aromatic heterocycles. The fourth-order valence-corrected chi connectivity index (χ4v) is 5.56. The summed E-state index contributed by atoms with van der Waals surface area (Å²) in [5.74, 6) is -1.59. The zero-order chi connectivity index (χ0) is 34.3. The minimum Gasteiger partial charge on any atom is -0.497 e. The Morgan fingerprint density at radius 2 is 1.73 bits per heavy atom. The van der Waals surface area contributed by atoms with Gasteiger partial charge >= 0.3 is 18.1 Å². The summed E-state index contributed by atoms with van der Waals surface area (Å²) in [4.78, 5) is 26.8. The Balaban J connectivity index is 1.30. The molecule has 0 radical (unpaired) electrons. The van der Waals surface area contributed by atoms with E-state index in [1.807, 2.05) is 29.6 Å². The third-order valence-corrected chi connectivity index (χ3v) is 8.57. The zero-order valence-electron chi connectivity index (χ0n) is 26.2. The Labute approximate surface area is 284 Å². The lowest BCUT2D eigenvalue weighted by atomic mass is 9.92. The van der Waals surface area contributed by atoms with E-state index in [2.05, 4.69) is 15.9 Å². The van der Waals surface area contributed by atoms with E-state index >= 15 is 0 Å². The van der Waals surface area contributed by atoms with Crippen LogP contribution >= 0.6 is 15.9 Å². The van der Waals surface area contributed by atoms with Crippen LogP contribution in [0.4, 0.5) is 17.6 Å². The highest BCUT2D eigenvalue weighted by molar-refractivity contribution is 9.10. The molecule has 1 aliphatic heterocycles. The van der Waals surface area contributed by atoms with Gasteiger partial charge in [-0.05, 0) is 101 Å². The molecule has 1 heterocycles. The summed E-state index contributed by atoms with van der Waals surface area (Å²) in [7, 11) is 1.50. The Morgan fingerprint density at radius 3 is 2.40 bits per heavy atom. The molecule has 0 saturated heterocycles. The summed E-state index contributed by atoms with van der Waals surface area (Å²) >= 11 is 3.36. The van der Waals surface area contributed by atoms with Crippen molar-refractivity contribution in [1.82, 2.24) is 10.2 Å². The number of nitrogens with zero attached hydrogens (tertiary/aromatic N) is 1. The van der Waals surface area contributed by atoms with Gasteiger partial charge in [-0.25, -0.2) is 9.18 Å². The standard InChI is InChI=1S/C35H35BrF4N2O6/c1-45-25-9-11-26(12-10-25)47-32(20-41-34(44)35(38,39)40)42-17-16-28(29(21-42)33(43)48-27-13-14-27)23-6-4-22(5-7-23)3-2-18-46-31-19-24(37)8-15-30(31)36/h4-12,15,19,27,32H,2-3,13-14,16-18,20-21H2,1H3,(H,41,44). The second-order valence-corrected chi connectivity index (χ2v) is 12.3. The Hall–Kier alpha value is -4.10. The maximum absolute atomic E-state index is 13.5. The highest BCUT2D eigenvalue weighted by Gasteiger charge is 2.40. The number of benzene rings is 3. The zero-order valence-corrected chi connectivity index (χ0v) is 27.7. The quantitative estimate of drug-likeness (QED) is 0.110. The fourth-order valence-electron chi connectivity index (χ4n) is 5.20. The number of alkyl halides is 3. The van der Waals surface area contributed by atoms with Crippen molar-refractivity contribution in [1.29, 1.82) is 0 Å². The van der Waals surface area contributed by atoms with Crippen LogP contribution in [0.2, 0.25) is 0 Å². The maximum Gasteiger partial charge on any atom is 0.471 e. The van der Waals surface area contributed by atoms with E-state index in [1.165, 1.54) is 19.2 Å². The molecule has 1 fully saturated rings. The number of esters is 1. The summed E-state index contributed by atoms with van der Waals surface area (Å²) in [6, 6.07) is 18.6. The van der Waals surface area contributed by atoms with Gasteiger partial charge in [0.15, 0.2) is 6.23 Å². The number of nitrogens with one attached hydrogen (secondary N) is 1. The second-order valence-electron chi connectivity index (χ2n) is 11.5. The minimum absolute atomic E-state index is 0.0400. The number of carbonyl (C=O) groups is 2. The Morgan fingerprint density at radius 1 is 1.02 bits per heavy atom. The molecule has 1 atom stereocenters. The lowest BCUT2D eigenvalue weighted by molar-refractivity contribution is -0.174. The first-order chi connectivity index (χ1) is 23.0. The summed E-state index contributed by atoms with van der Waals surface area (Å²) in [6.07, 6.45) is -2.89. The average molecular weight is 736 g/mol. The van der Waals surface area contributed by atoms with Crippen molar-refractivity contribution in [3.63, 3.8) is 0 Å². The van der Waals surface area contributed by atoms with Crippen LogP contribution in [0.1, 0.15) is 36.8 Å². The smallest absolute Gasteiger partial charge is 0.471 e. The normalized spacial score (nSPS) is 15.9. The number of methoxy groups -OCH3 is 1. The molecule has 0 spiro atoms. The molecule has 48 heavy (non-hydrogen) atoms. The molecule has 5 rings (SSSR count). The van der Waals surface area contributed by atoms with Crippen molar-refractivity contribution in [2.75, 3.05) is 33.4 Å². The molecule has 3 aromatic carbocycles. The molecule has 3 aromatic rings. The van der Waals surface area contributed by atoms with Crippen molar-refractivity contribution >= 4 is 33.4 Å². The first-order valence-electron chi connectivity index (χ1n) is 15.5. The highest BCUT2D eigenvalue weighted by atomic mass is 79.9. The van der Waals surface area contributed by atoms with Gasteiger partial charge < -0.3 is 24.3 Å². The van der Waals surface area contributed by atoms with E-state index in [0.717, 1.165) is 29.5 Å². The number of carbonyl (C=O) groups excluding carboxylic acids is 2.